The van der Waals surface area contributed by atoms with E-state index < -0.39 is 0 Å². The summed E-state index contributed by atoms with van der Waals surface area (Å²) in [6.07, 6.45) is 0. The number of anilines is 1. The number of aromatic amines is 1. The number of furan rings is 1. The minimum absolute atomic E-state index is 0.133. The third-order valence-electron chi connectivity index (χ3n) is 2.84. The van der Waals surface area contributed by atoms with Crippen LogP contribution in [0.2, 0.25) is 0 Å². The van der Waals surface area contributed by atoms with E-state index >= 15 is 0 Å². The molecule has 0 fully saturated rings. The van der Waals surface area contributed by atoms with E-state index in [1.807, 2.05) is 26.2 Å². The average Bonchev–Trinajstić information content (AvgIpc) is 2.84. The maximum absolute atomic E-state index is 11.3. The van der Waals surface area contributed by atoms with Gasteiger partial charge in [0.1, 0.15) is 11.5 Å². The van der Waals surface area contributed by atoms with Crippen LogP contribution in [0.5, 0.6) is 0 Å². The molecule has 2 aromatic rings. The second kappa shape index (κ2) is 8.05. The minimum Gasteiger partial charge on any atom is -0.464 e. The van der Waals surface area contributed by atoms with Gasteiger partial charge >= 0.3 is 0 Å². The van der Waals surface area contributed by atoms with Gasteiger partial charge in [-0.2, -0.15) is 11.8 Å². The second-order valence-corrected chi connectivity index (χ2v) is 6.43. The van der Waals surface area contributed by atoms with E-state index in [2.05, 4.69) is 20.2 Å². The van der Waals surface area contributed by atoms with Gasteiger partial charge in [0.15, 0.2) is 0 Å². The van der Waals surface area contributed by atoms with E-state index in [0.717, 1.165) is 36.1 Å². The van der Waals surface area contributed by atoms with Gasteiger partial charge in [0.25, 0.3) is 5.56 Å². The third kappa shape index (κ3) is 5.57. The Kier molecular flexibility index (Phi) is 6.09. The molecule has 0 saturated heterocycles. The van der Waals surface area contributed by atoms with Gasteiger partial charge in [-0.1, -0.05) is 0 Å². The first-order chi connectivity index (χ1) is 10.5. The predicted molar refractivity (Wildman–Crippen MR) is 90.3 cm³/mol. The van der Waals surface area contributed by atoms with Crippen LogP contribution >= 0.6 is 11.8 Å². The fourth-order valence-corrected chi connectivity index (χ4v) is 2.72. The zero-order valence-electron chi connectivity index (χ0n) is 13.2. The van der Waals surface area contributed by atoms with Gasteiger partial charge < -0.3 is 14.6 Å². The van der Waals surface area contributed by atoms with Crippen LogP contribution in [0.15, 0.2) is 27.4 Å². The Morgan fingerprint density at radius 3 is 2.86 bits per heavy atom. The Morgan fingerprint density at radius 2 is 2.14 bits per heavy atom. The average molecular weight is 322 g/mol. The molecule has 0 bridgehead atoms. The lowest BCUT2D eigenvalue weighted by molar-refractivity contribution is 0.344. The first-order valence-corrected chi connectivity index (χ1v) is 8.30. The molecule has 2 heterocycles. The maximum Gasteiger partial charge on any atom is 0.252 e. The van der Waals surface area contributed by atoms with Crippen molar-refractivity contribution in [1.82, 2.24) is 14.9 Å². The quantitative estimate of drug-likeness (QED) is 0.725. The first kappa shape index (κ1) is 16.6. The number of thioether (sulfide) groups is 1. The summed E-state index contributed by atoms with van der Waals surface area (Å²) in [5.74, 6) is 4.25. The van der Waals surface area contributed by atoms with Crippen molar-refractivity contribution in [3.63, 3.8) is 0 Å². The number of nitrogens with zero attached hydrogens (tertiary/aromatic N) is 2. The number of hydrogen-bond donors (Lipinski definition) is 2. The summed E-state index contributed by atoms with van der Waals surface area (Å²) < 4.78 is 5.75. The molecule has 6 nitrogen and oxygen atoms in total. The lowest BCUT2D eigenvalue weighted by Gasteiger charge is -2.06. The summed E-state index contributed by atoms with van der Waals surface area (Å²) >= 11 is 1.78. The summed E-state index contributed by atoms with van der Waals surface area (Å²) in [7, 11) is 4.04. The highest BCUT2D eigenvalue weighted by atomic mass is 32.2. The molecule has 0 aliphatic heterocycles. The Morgan fingerprint density at radius 1 is 1.36 bits per heavy atom. The number of aromatic nitrogens is 2. The predicted octanol–water partition coefficient (Wildman–Crippen LogP) is 2.08. The van der Waals surface area contributed by atoms with E-state index in [1.165, 1.54) is 6.07 Å². The van der Waals surface area contributed by atoms with Gasteiger partial charge in [0, 0.05) is 24.1 Å². The molecule has 22 heavy (non-hydrogen) atoms. The second-order valence-electron chi connectivity index (χ2n) is 5.32. The number of rotatable bonds is 8. The van der Waals surface area contributed by atoms with Crippen molar-refractivity contribution in [1.29, 1.82) is 0 Å². The Balaban J connectivity index is 1.69. The highest BCUT2D eigenvalue weighted by Crippen LogP contribution is 2.16. The van der Waals surface area contributed by atoms with Crippen molar-refractivity contribution in [3.8, 4) is 0 Å². The van der Waals surface area contributed by atoms with Crippen molar-refractivity contribution in [2.24, 2.45) is 0 Å². The smallest absolute Gasteiger partial charge is 0.252 e. The van der Waals surface area contributed by atoms with E-state index in [-0.39, 0.29) is 5.56 Å². The summed E-state index contributed by atoms with van der Waals surface area (Å²) in [4.78, 5) is 20.3. The molecule has 2 rings (SSSR count). The van der Waals surface area contributed by atoms with Gasteiger partial charge in [0.05, 0.1) is 12.3 Å². The normalized spacial score (nSPS) is 11.1. The van der Waals surface area contributed by atoms with Crippen molar-refractivity contribution >= 4 is 17.7 Å². The number of hydrogen-bond acceptors (Lipinski definition) is 6. The summed E-state index contributed by atoms with van der Waals surface area (Å²) in [5.41, 5.74) is 0.578. The van der Waals surface area contributed by atoms with Crippen molar-refractivity contribution in [2.45, 2.75) is 19.2 Å². The van der Waals surface area contributed by atoms with Gasteiger partial charge in [0.2, 0.25) is 5.95 Å². The minimum atomic E-state index is -0.133. The standard InChI is InChI=1S/C15H22N4O2S/c1-11-8-14(20)18-15(17-11)16-6-7-22-10-13-5-4-12(21-13)9-19(2)3/h4-5,8H,6-7,9-10H2,1-3H3,(H2,16,17,18,20). The molecule has 2 N–H and O–H groups in total. The van der Waals surface area contributed by atoms with E-state index in [0.29, 0.717) is 11.6 Å². The highest BCUT2D eigenvalue weighted by molar-refractivity contribution is 7.98. The summed E-state index contributed by atoms with van der Waals surface area (Å²) in [6.45, 7) is 3.36. The van der Waals surface area contributed by atoms with Crippen LogP contribution in [0.25, 0.3) is 0 Å². The maximum atomic E-state index is 11.3. The molecule has 0 spiro atoms. The van der Waals surface area contributed by atoms with Crippen molar-refractivity contribution < 1.29 is 4.42 Å². The van der Waals surface area contributed by atoms with Gasteiger partial charge in [-0.05, 0) is 33.2 Å². The van der Waals surface area contributed by atoms with Gasteiger partial charge in [-0.3, -0.25) is 9.78 Å². The first-order valence-electron chi connectivity index (χ1n) is 7.15. The summed E-state index contributed by atoms with van der Waals surface area (Å²) in [5, 5.41) is 3.12. The Hall–Kier alpha value is -1.73. The lowest BCUT2D eigenvalue weighted by atomic mass is 10.4. The molecule has 120 valence electrons. The van der Waals surface area contributed by atoms with E-state index in [1.54, 1.807) is 18.7 Å². The topological polar surface area (TPSA) is 74.2 Å². The number of nitrogens with one attached hydrogen (secondary N) is 2. The zero-order valence-corrected chi connectivity index (χ0v) is 14.0. The van der Waals surface area contributed by atoms with Gasteiger partial charge in [-0.15, -0.1) is 0 Å². The van der Waals surface area contributed by atoms with Gasteiger partial charge in [-0.25, -0.2) is 4.98 Å². The van der Waals surface area contributed by atoms with Crippen LogP contribution in [-0.2, 0) is 12.3 Å². The van der Waals surface area contributed by atoms with Crippen LogP contribution in [0.4, 0.5) is 5.95 Å². The van der Waals surface area contributed by atoms with Crippen LogP contribution in [0.1, 0.15) is 17.2 Å². The van der Waals surface area contributed by atoms with Crippen LogP contribution in [-0.4, -0.2) is 41.3 Å². The molecule has 0 saturated carbocycles. The highest BCUT2D eigenvalue weighted by Gasteiger charge is 2.03. The van der Waals surface area contributed by atoms with E-state index in [9.17, 15) is 4.79 Å². The monoisotopic (exact) mass is 322 g/mol. The molecule has 0 atom stereocenters. The lowest BCUT2D eigenvalue weighted by Crippen LogP contribution is -2.14. The third-order valence-corrected chi connectivity index (χ3v) is 3.82. The summed E-state index contributed by atoms with van der Waals surface area (Å²) in [6, 6.07) is 5.52. The molecule has 0 aliphatic rings. The molecule has 0 aromatic carbocycles. The largest absolute Gasteiger partial charge is 0.464 e. The number of aryl methyl sites for hydroxylation is 1. The Bertz CT molecular complexity index is 651. The molecule has 7 heteroatoms. The molecular formula is C15H22N4O2S. The van der Waals surface area contributed by atoms with Crippen LogP contribution in [0, 0.1) is 6.92 Å². The van der Waals surface area contributed by atoms with Crippen LogP contribution in [0.3, 0.4) is 0 Å². The molecule has 0 radical (unpaired) electrons. The van der Waals surface area contributed by atoms with Crippen molar-refractivity contribution in [2.75, 3.05) is 31.7 Å². The molecular weight excluding hydrogens is 300 g/mol. The molecule has 2 aromatic heterocycles. The SMILES string of the molecule is Cc1cc(=O)[nH]c(NCCSCc2ccc(CN(C)C)o2)n1. The number of H-pyrrole nitrogens is 1. The fourth-order valence-electron chi connectivity index (χ4n) is 1.97. The Labute approximate surface area is 134 Å². The van der Waals surface area contributed by atoms with E-state index in [4.69, 9.17) is 4.42 Å². The fraction of sp³-hybridized carbons (Fsp3) is 0.467. The zero-order chi connectivity index (χ0) is 15.9. The van der Waals surface area contributed by atoms with Crippen molar-refractivity contribution in [3.05, 3.63) is 45.8 Å². The molecule has 0 amide bonds. The molecule has 0 aliphatic carbocycles. The van der Waals surface area contributed by atoms with Crippen LogP contribution < -0.4 is 10.9 Å². The molecule has 0 unspecified atom stereocenters.